The number of phenolic OH excluding ortho intramolecular Hbond substituents is 1. The molecule has 0 aliphatic rings. The van der Waals surface area contributed by atoms with E-state index in [0.29, 0.717) is 5.75 Å². The molecule has 0 atom stereocenters. The van der Waals surface area contributed by atoms with E-state index in [1.54, 1.807) is 0 Å². The van der Waals surface area contributed by atoms with Crippen molar-refractivity contribution in [3.63, 3.8) is 0 Å². The highest BCUT2D eigenvalue weighted by Crippen LogP contribution is 2.18. The van der Waals surface area contributed by atoms with Gasteiger partial charge in [-0.2, -0.15) is 0 Å². The van der Waals surface area contributed by atoms with E-state index < -0.39 is 0 Å². The molecule has 1 aromatic rings. The van der Waals surface area contributed by atoms with Gasteiger partial charge in [-0.3, -0.25) is 0 Å². The SMILES string of the molecule is CCCCCCCCCCCCCCCc1cc(C)cc(O)c1. The molecule has 0 heterocycles. The number of phenols is 1. The Morgan fingerprint density at radius 3 is 1.61 bits per heavy atom. The van der Waals surface area contributed by atoms with Crippen LogP contribution in [0.2, 0.25) is 0 Å². The lowest BCUT2D eigenvalue weighted by atomic mass is 10.0. The Bertz CT molecular complexity index is 377. The number of benzene rings is 1. The molecule has 1 nitrogen and oxygen atoms in total. The van der Waals surface area contributed by atoms with Gasteiger partial charge in [0, 0.05) is 0 Å². The highest BCUT2D eigenvalue weighted by atomic mass is 16.3. The number of hydrogen-bond acceptors (Lipinski definition) is 1. The molecular formula is C22H38O. The van der Waals surface area contributed by atoms with Crippen molar-refractivity contribution in [3.8, 4) is 5.75 Å². The van der Waals surface area contributed by atoms with Crippen LogP contribution in [0.4, 0.5) is 0 Å². The predicted molar refractivity (Wildman–Crippen MR) is 102 cm³/mol. The zero-order valence-corrected chi connectivity index (χ0v) is 15.6. The molecule has 0 aliphatic carbocycles. The quantitative estimate of drug-likeness (QED) is 0.356. The highest BCUT2D eigenvalue weighted by molar-refractivity contribution is 5.32. The lowest BCUT2D eigenvalue weighted by Crippen LogP contribution is -1.88. The van der Waals surface area contributed by atoms with E-state index in [2.05, 4.69) is 13.0 Å². The van der Waals surface area contributed by atoms with E-state index in [1.165, 1.54) is 89.0 Å². The number of aryl methyl sites for hydroxylation is 2. The molecule has 0 spiro atoms. The van der Waals surface area contributed by atoms with E-state index in [-0.39, 0.29) is 0 Å². The normalized spacial score (nSPS) is 11.0. The average Bonchev–Trinajstić information content (AvgIpc) is 2.51. The second kappa shape index (κ2) is 13.5. The summed E-state index contributed by atoms with van der Waals surface area (Å²) < 4.78 is 0. The molecule has 1 N–H and O–H groups in total. The predicted octanol–water partition coefficient (Wildman–Crippen LogP) is 7.33. The first-order valence-corrected chi connectivity index (χ1v) is 10.0. The van der Waals surface area contributed by atoms with Gasteiger partial charge >= 0.3 is 0 Å². The van der Waals surface area contributed by atoms with Crippen LogP contribution in [0.3, 0.4) is 0 Å². The lowest BCUT2D eigenvalue weighted by molar-refractivity contribution is 0.473. The second-order valence-electron chi connectivity index (χ2n) is 7.17. The first-order valence-electron chi connectivity index (χ1n) is 10.0. The smallest absolute Gasteiger partial charge is 0.116 e. The molecule has 0 saturated heterocycles. The van der Waals surface area contributed by atoms with Crippen LogP contribution in [0.5, 0.6) is 5.75 Å². The van der Waals surface area contributed by atoms with Gasteiger partial charge in [-0.1, -0.05) is 90.0 Å². The number of hydrogen-bond donors (Lipinski definition) is 1. The van der Waals surface area contributed by atoms with Crippen LogP contribution in [0.25, 0.3) is 0 Å². The van der Waals surface area contributed by atoms with Crippen molar-refractivity contribution in [2.24, 2.45) is 0 Å². The van der Waals surface area contributed by atoms with Gasteiger partial charge < -0.3 is 5.11 Å². The topological polar surface area (TPSA) is 20.2 Å². The maximum absolute atomic E-state index is 9.60. The highest BCUT2D eigenvalue weighted by Gasteiger charge is 1.98. The Kier molecular flexibility index (Phi) is 11.7. The minimum atomic E-state index is 0.412. The molecular weight excluding hydrogens is 280 g/mol. The van der Waals surface area contributed by atoms with Gasteiger partial charge in [-0.25, -0.2) is 0 Å². The minimum Gasteiger partial charge on any atom is -0.508 e. The van der Waals surface area contributed by atoms with Gasteiger partial charge in [-0.05, 0) is 43.0 Å². The molecule has 1 aromatic carbocycles. The third kappa shape index (κ3) is 11.2. The Morgan fingerprint density at radius 2 is 1.13 bits per heavy atom. The van der Waals surface area contributed by atoms with E-state index in [0.717, 1.165) is 12.0 Å². The third-order valence-electron chi connectivity index (χ3n) is 4.69. The van der Waals surface area contributed by atoms with Crippen LogP contribution >= 0.6 is 0 Å². The van der Waals surface area contributed by atoms with Crippen molar-refractivity contribution >= 4 is 0 Å². The van der Waals surface area contributed by atoms with Gasteiger partial charge in [0.1, 0.15) is 5.75 Å². The summed E-state index contributed by atoms with van der Waals surface area (Å²) in [5, 5.41) is 9.60. The van der Waals surface area contributed by atoms with Crippen LogP contribution in [0.15, 0.2) is 18.2 Å². The fourth-order valence-corrected chi connectivity index (χ4v) is 3.33. The Balaban J connectivity index is 1.86. The van der Waals surface area contributed by atoms with Crippen molar-refractivity contribution in [3.05, 3.63) is 29.3 Å². The van der Waals surface area contributed by atoms with Crippen LogP contribution in [-0.4, -0.2) is 5.11 Å². The molecule has 0 fully saturated rings. The number of rotatable bonds is 14. The van der Waals surface area contributed by atoms with E-state index in [9.17, 15) is 5.11 Å². The fourth-order valence-electron chi connectivity index (χ4n) is 3.33. The number of unbranched alkanes of at least 4 members (excludes halogenated alkanes) is 12. The summed E-state index contributed by atoms with van der Waals surface area (Å²) in [4.78, 5) is 0. The Morgan fingerprint density at radius 1 is 0.652 bits per heavy atom. The fraction of sp³-hybridized carbons (Fsp3) is 0.727. The summed E-state index contributed by atoms with van der Waals surface area (Å²) in [5.74, 6) is 0.412. The molecule has 0 aliphatic heterocycles. The minimum absolute atomic E-state index is 0.412. The molecule has 0 saturated carbocycles. The maximum atomic E-state index is 9.60. The van der Waals surface area contributed by atoms with Crippen molar-refractivity contribution in [2.75, 3.05) is 0 Å². The average molecular weight is 319 g/mol. The first-order chi connectivity index (χ1) is 11.2. The van der Waals surface area contributed by atoms with Crippen molar-refractivity contribution in [1.29, 1.82) is 0 Å². The molecule has 0 bridgehead atoms. The summed E-state index contributed by atoms with van der Waals surface area (Å²) in [5.41, 5.74) is 2.44. The zero-order valence-electron chi connectivity index (χ0n) is 15.6. The molecule has 0 amide bonds. The van der Waals surface area contributed by atoms with Crippen molar-refractivity contribution in [2.45, 2.75) is 104 Å². The maximum Gasteiger partial charge on any atom is 0.116 e. The van der Waals surface area contributed by atoms with Crippen LogP contribution in [0, 0.1) is 6.92 Å². The van der Waals surface area contributed by atoms with E-state index in [1.807, 2.05) is 19.1 Å². The molecule has 1 heteroatoms. The molecule has 0 radical (unpaired) electrons. The molecule has 0 unspecified atom stereocenters. The summed E-state index contributed by atoms with van der Waals surface area (Å²) in [7, 11) is 0. The summed E-state index contributed by atoms with van der Waals surface area (Å²) >= 11 is 0. The van der Waals surface area contributed by atoms with Gasteiger partial charge in [-0.15, -0.1) is 0 Å². The van der Waals surface area contributed by atoms with E-state index in [4.69, 9.17) is 0 Å². The standard InChI is InChI=1S/C22H38O/c1-3-4-5-6-7-8-9-10-11-12-13-14-15-16-21-17-20(2)18-22(23)19-21/h17-19,23H,3-16H2,1-2H3. The molecule has 23 heavy (non-hydrogen) atoms. The Labute approximate surface area is 144 Å². The number of aromatic hydroxyl groups is 1. The Hall–Kier alpha value is -0.980. The summed E-state index contributed by atoms with van der Waals surface area (Å²) in [6.45, 7) is 4.33. The molecule has 132 valence electrons. The van der Waals surface area contributed by atoms with Gasteiger partial charge in [0.15, 0.2) is 0 Å². The summed E-state index contributed by atoms with van der Waals surface area (Å²) in [6.07, 6.45) is 19.3. The van der Waals surface area contributed by atoms with E-state index >= 15 is 0 Å². The van der Waals surface area contributed by atoms with Gasteiger partial charge in [0.2, 0.25) is 0 Å². The van der Waals surface area contributed by atoms with Gasteiger partial charge in [0.05, 0.1) is 0 Å². The van der Waals surface area contributed by atoms with Crippen LogP contribution in [0.1, 0.15) is 102 Å². The van der Waals surface area contributed by atoms with Crippen LogP contribution in [-0.2, 0) is 6.42 Å². The second-order valence-corrected chi connectivity index (χ2v) is 7.17. The third-order valence-corrected chi connectivity index (χ3v) is 4.69. The molecule has 1 rings (SSSR count). The zero-order chi connectivity index (χ0) is 16.8. The summed E-state index contributed by atoms with van der Waals surface area (Å²) in [6, 6.07) is 5.93. The van der Waals surface area contributed by atoms with Gasteiger partial charge in [0.25, 0.3) is 0 Å². The largest absolute Gasteiger partial charge is 0.508 e. The first kappa shape index (κ1) is 20.1. The molecule has 0 aromatic heterocycles. The van der Waals surface area contributed by atoms with Crippen LogP contribution < -0.4 is 0 Å². The lowest BCUT2D eigenvalue weighted by Gasteiger charge is -2.05. The van der Waals surface area contributed by atoms with Crippen molar-refractivity contribution in [1.82, 2.24) is 0 Å². The van der Waals surface area contributed by atoms with Crippen molar-refractivity contribution < 1.29 is 5.11 Å². The monoisotopic (exact) mass is 318 g/mol.